The Morgan fingerprint density at radius 1 is 1.22 bits per heavy atom. The lowest BCUT2D eigenvalue weighted by Gasteiger charge is -2.69. The van der Waals surface area contributed by atoms with Crippen LogP contribution in [0.5, 0.6) is 0 Å². The molecule has 0 aromatic heterocycles. The van der Waals surface area contributed by atoms with E-state index >= 15 is 0 Å². The van der Waals surface area contributed by atoms with Crippen LogP contribution in [0.15, 0.2) is 12.2 Å². The van der Waals surface area contributed by atoms with Crippen molar-refractivity contribution in [3.05, 3.63) is 12.2 Å². The highest BCUT2D eigenvalue weighted by atomic mass is 16.5. The monoisotopic (exact) mass is 376 g/mol. The molecule has 0 aromatic carbocycles. The average molecular weight is 376 g/mol. The number of rotatable bonds is 2. The van der Waals surface area contributed by atoms with Crippen LogP contribution in [0.25, 0.3) is 0 Å². The minimum Gasteiger partial charge on any atom is -0.465 e. The van der Waals surface area contributed by atoms with Gasteiger partial charge in [-0.3, -0.25) is 9.59 Å². The summed E-state index contributed by atoms with van der Waals surface area (Å²) in [6.45, 7) is 10.2. The topological polar surface area (TPSA) is 83.8 Å². The van der Waals surface area contributed by atoms with Gasteiger partial charge in [0.15, 0.2) is 0 Å². The average Bonchev–Trinajstić information content (AvgIpc) is 2.60. The molecule has 0 amide bonds. The molecule has 5 heteroatoms. The Morgan fingerprint density at radius 2 is 1.93 bits per heavy atom. The first-order valence-electron chi connectivity index (χ1n) is 10.3. The molecule has 5 fully saturated rings. The molecule has 0 radical (unpaired) electrons. The summed E-state index contributed by atoms with van der Waals surface area (Å²) in [4.78, 5) is 24.9. The maximum Gasteiger partial charge on any atom is 0.302 e. The Bertz CT molecular complexity index is 701. The molecule has 150 valence electrons. The summed E-state index contributed by atoms with van der Waals surface area (Å²) in [6.07, 6.45) is 2.84. The Kier molecular flexibility index (Phi) is 4.18. The first kappa shape index (κ1) is 19.1. The van der Waals surface area contributed by atoms with Crippen molar-refractivity contribution in [3.63, 3.8) is 0 Å². The number of aliphatic hydroxyl groups excluding tert-OH is 2. The highest BCUT2D eigenvalue weighted by molar-refractivity contribution is 5.89. The van der Waals surface area contributed by atoms with Gasteiger partial charge in [-0.2, -0.15) is 0 Å². The maximum atomic E-state index is 13.5. The molecule has 27 heavy (non-hydrogen) atoms. The predicted octanol–water partition coefficient (Wildman–Crippen LogP) is 2.64. The summed E-state index contributed by atoms with van der Waals surface area (Å²) in [5.74, 6) is -0.200. The molecule has 5 nitrogen and oxygen atoms in total. The van der Waals surface area contributed by atoms with Crippen LogP contribution in [0.3, 0.4) is 0 Å². The molecule has 2 N–H and O–H groups in total. The minimum atomic E-state index is -1.10. The highest BCUT2D eigenvalue weighted by Gasteiger charge is 2.72. The first-order chi connectivity index (χ1) is 12.6. The normalized spacial score (nSPS) is 51.5. The Morgan fingerprint density at radius 3 is 2.59 bits per heavy atom. The van der Waals surface area contributed by atoms with E-state index in [2.05, 4.69) is 20.4 Å². The standard InChI is InChI=1S/C22H32O5/c1-12-14-8-16-21(4)7-5-6-20(3,11-27-13(2)23)15(21)10-18(25)22(16,19(12)26)17(24)9-14/h14-17,19,24,26H,1,5-11H2,2-4H3/t14-,15-,16+,17-,19-,20+,21-,22?/m1/s1. The maximum absolute atomic E-state index is 13.5. The molecule has 0 aromatic rings. The van der Waals surface area contributed by atoms with Gasteiger partial charge in [-0.05, 0) is 54.4 Å². The van der Waals surface area contributed by atoms with Gasteiger partial charge < -0.3 is 14.9 Å². The largest absolute Gasteiger partial charge is 0.465 e. The number of carbonyl (C=O) groups is 2. The number of fused-ring (bicyclic) bond motifs is 3. The fourth-order valence-electron chi connectivity index (χ4n) is 7.54. The summed E-state index contributed by atoms with van der Waals surface area (Å²) in [7, 11) is 0. The number of carbonyl (C=O) groups excluding carboxylic acids is 2. The third-order valence-corrected chi connectivity index (χ3v) is 8.86. The molecule has 5 saturated carbocycles. The Labute approximate surface area is 161 Å². The van der Waals surface area contributed by atoms with Gasteiger partial charge in [0.25, 0.3) is 0 Å². The third kappa shape index (κ3) is 2.30. The SMILES string of the molecule is C=C1[C@H]2C[C@@H](O)C3(C(=O)C[C@@H]4[C@](C)(COC(C)=O)CCC[C@@]4(C)[C@@H]3C2)[C@@H]1O. The lowest BCUT2D eigenvalue weighted by Crippen LogP contribution is -2.72. The van der Waals surface area contributed by atoms with Crippen molar-refractivity contribution in [2.75, 3.05) is 6.61 Å². The van der Waals surface area contributed by atoms with Gasteiger partial charge in [-0.15, -0.1) is 0 Å². The van der Waals surface area contributed by atoms with E-state index in [0.717, 1.165) is 31.3 Å². The molecule has 1 unspecified atom stereocenters. The Hall–Kier alpha value is -1.20. The number of esters is 1. The second kappa shape index (κ2) is 5.90. The summed E-state index contributed by atoms with van der Waals surface area (Å²) < 4.78 is 5.41. The summed E-state index contributed by atoms with van der Waals surface area (Å²) >= 11 is 0. The van der Waals surface area contributed by atoms with E-state index in [1.807, 2.05) is 0 Å². The summed E-state index contributed by atoms with van der Waals surface area (Å²) in [6, 6.07) is 0. The minimum absolute atomic E-state index is 0.0229. The zero-order valence-electron chi connectivity index (χ0n) is 16.7. The van der Waals surface area contributed by atoms with Crippen molar-refractivity contribution in [1.82, 2.24) is 0 Å². The van der Waals surface area contributed by atoms with E-state index in [9.17, 15) is 19.8 Å². The van der Waals surface area contributed by atoms with E-state index in [1.165, 1.54) is 6.92 Å². The number of aliphatic hydroxyl groups is 2. The lowest BCUT2D eigenvalue weighted by atomic mass is 9.35. The third-order valence-electron chi connectivity index (χ3n) is 8.86. The fraction of sp³-hybridized carbons (Fsp3) is 0.818. The summed E-state index contributed by atoms with van der Waals surface area (Å²) in [5.41, 5.74) is -0.788. The lowest BCUT2D eigenvalue weighted by molar-refractivity contribution is -0.234. The second-order valence-corrected chi connectivity index (χ2v) is 10.1. The van der Waals surface area contributed by atoms with E-state index in [-0.39, 0.29) is 40.3 Å². The first-order valence-corrected chi connectivity index (χ1v) is 10.3. The Balaban J connectivity index is 1.77. The number of Topliss-reactive ketones (excluding diaryl/α,β-unsaturated/α-hetero) is 1. The van der Waals surface area contributed by atoms with E-state index in [1.54, 1.807) is 0 Å². The fourth-order valence-corrected chi connectivity index (χ4v) is 7.54. The molecule has 0 heterocycles. The molecule has 8 atom stereocenters. The van der Waals surface area contributed by atoms with E-state index < -0.39 is 17.6 Å². The molecule has 5 rings (SSSR count). The molecular formula is C22H32O5. The molecule has 2 bridgehead atoms. The van der Waals surface area contributed by atoms with Crippen LogP contribution in [0, 0.1) is 34.0 Å². The number of ether oxygens (including phenoxy) is 1. The van der Waals surface area contributed by atoms with Crippen LogP contribution in [0.4, 0.5) is 0 Å². The van der Waals surface area contributed by atoms with Gasteiger partial charge in [0.2, 0.25) is 0 Å². The second-order valence-electron chi connectivity index (χ2n) is 10.1. The van der Waals surface area contributed by atoms with E-state index in [4.69, 9.17) is 4.74 Å². The predicted molar refractivity (Wildman–Crippen MR) is 99.6 cm³/mol. The van der Waals surface area contributed by atoms with Gasteiger partial charge in [-0.25, -0.2) is 0 Å². The number of ketones is 1. The van der Waals surface area contributed by atoms with Gasteiger partial charge >= 0.3 is 5.97 Å². The molecule has 0 aliphatic heterocycles. The van der Waals surface area contributed by atoms with Crippen LogP contribution >= 0.6 is 0 Å². The van der Waals surface area contributed by atoms with Crippen LogP contribution in [0.1, 0.15) is 59.3 Å². The molecular weight excluding hydrogens is 344 g/mol. The van der Waals surface area contributed by atoms with Gasteiger partial charge in [-0.1, -0.05) is 26.8 Å². The van der Waals surface area contributed by atoms with Crippen molar-refractivity contribution in [3.8, 4) is 0 Å². The van der Waals surface area contributed by atoms with Gasteiger partial charge in [0.1, 0.15) is 5.78 Å². The molecule has 0 saturated heterocycles. The van der Waals surface area contributed by atoms with Crippen molar-refractivity contribution >= 4 is 11.8 Å². The van der Waals surface area contributed by atoms with Crippen LogP contribution in [0.2, 0.25) is 0 Å². The number of hydrogen-bond acceptors (Lipinski definition) is 5. The smallest absolute Gasteiger partial charge is 0.302 e. The quantitative estimate of drug-likeness (QED) is 0.572. The molecule has 1 spiro atoms. The molecule has 5 aliphatic carbocycles. The van der Waals surface area contributed by atoms with Crippen molar-refractivity contribution in [2.45, 2.75) is 71.5 Å². The zero-order valence-corrected chi connectivity index (χ0v) is 16.7. The zero-order chi connectivity index (χ0) is 19.8. The molecule has 5 aliphatic rings. The van der Waals surface area contributed by atoms with Crippen molar-refractivity contribution in [1.29, 1.82) is 0 Å². The van der Waals surface area contributed by atoms with Gasteiger partial charge in [0, 0.05) is 18.8 Å². The van der Waals surface area contributed by atoms with Crippen LogP contribution in [-0.4, -0.2) is 40.8 Å². The van der Waals surface area contributed by atoms with E-state index in [0.29, 0.717) is 19.4 Å². The summed E-state index contributed by atoms with van der Waals surface area (Å²) in [5, 5.41) is 22.0. The van der Waals surface area contributed by atoms with Crippen molar-refractivity contribution in [2.24, 2.45) is 34.0 Å². The highest BCUT2D eigenvalue weighted by Crippen LogP contribution is 2.70. The van der Waals surface area contributed by atoms with Crippen molar-refractivity contribution < 1.29 is 24.5 Å². The van der Waals surface area contributed by atoms with Gasteiger partial charge in [0.05, 0.1) is 24.2 Å². The van der Waals surface area contributed by atoms with Crippen LogP contribution in [-0.2, 0) is 14.3 Å². The number of hydrogen-bond donors (Lipinski definition) is 2. The van der Waals surface area contributed by atoms with Crippen LogP contribution < -0.4 is 0 Å².